The van der Waals surface area contributed by atoms with Gasteiger partial charge in [0.1, 0.15) is 5.75 Å². The summed E-state index contributed by atoms with van der Waals surface area (Å²) in [6.45, 7) is 1.20. The lowest BCUT2D eigenvalue weighted by atomic mass is 10.1. The molecule has 6 heteroatoms. The van der Waals surface area contributed by atoms with Gasteiger partial charge in [-0.2, -0.15) is 0 Å². The molecule has 0 bridgehead atoms. The first-order valence-electron chi connectivity index (χ1n) is 8.25. The summed E-state index contributed by atoms with van der Waals surface area (Å²) in [5.74, 6) is 0.370. The summed E-state index contributed by atoms with van der Waals surface area (Å²) < 4.78 is 5.56. The molecule has 0 aliphatic carbocycles. The SMILES string of the molecule is NCCNC(=O)c1ccccc1NC(=O)CCCOc1ccccc1. The van der Waals surface area contributed by atoms with Gasteiger partial charge in [0.05, 0.1) is 17.9 Å². The Kier molecular flexibility index (Phi) is 7.46. The van der Waals surface area contributed by atoms with Crippen LogP contribution in [-0.2, 0) is 4.79 Å². The summed E-state index contributed by atoms with van der Waals surface area (Å²) in [5.41, 5.74) is 6.30. The van der Waals surface area contributed by atoms with Gasteiger partial charge in [-0.05, 0) is 30.7 Å². The molecule has 2 amide bonds. The minimum atomic E-state index is -0.256. The molecular weight excluding hydrogens is 318 g/mol. The van der Waals surface area contributed by atoms with E-state index in [0.717, 1.165) is 5.75 Å². The van der Waals surface area contributed by atoms with Crippen LogP contribution >= 0.6 is 0 Å². The van der Waals surface area contributed by atoms with Crippen molar-refractivity contribution in [1.29, 1.82) is 0 Å². The largest absolute Gasteiger partial charge is 0.494 e. The summed E-state index contributed by atoms with van der Waals surface area (Å²) in [6, 6.07) is 16.3. The van der Waals surface area contributed by atoms with E-state index < -0.39 is 0 Å². The van der Waals surface area contributed by atoms with Gasteiger partial charge < -0.3 is 21.1 Å². The molecule has 0 radical (unpaired) electrons. The van der Waals surface area contributed by atoms with Gasteiger partial charge in [0.25, 0.3) is 5.91 Å². The van der Waals surface area contributed by atoms with Crippen molar-refractivity contribution < 1.29 is 14.3 Å². The summed E-state index contributed by atoms with van der Waals surface area (Å²) >= 11 is 0. The lowest BCUT2D eigenvalue weighted by Gasteiger charge is -2.11. The van der Waals surface area contributed by atoms with Crippen LogP contribution in [0.25, 0.3) is 0 Å². The Morgan fingerprint density at radius 2 is 1.72 bits per heavy atom. The van der Waals surface area contributed by atoms with Crippen molar-refractivity contribution in [2.24, 2.45) is 5.73 Å². The molecule has 0 unspecified atom stereocenters. The molecule has 0 fully saturated rings. The molecular formula is C19H23N3O3. The van der Waals surface area contributed by atoms with Crippen LogP contribution < -0.4 is 21.1 Å². The molecule has 4 N–H and O–H groups in total. The predicted molar refractivity (Wildman–Crippen MR) is 97.6 cm³/mol. The van der Waals surface area contributed by atoms with E-state index in [1.807, 2.05) is 30.3 Å². The average molecular weight is 341 g/mol. The van der Waals surface area contributed by atoms with E-state index in [2.05, 4.69) is 10.6 Å². The number of anilines is 1. The Hall–Kier alpha value is -2.86. The number of benzene rings is 2. The van der Waals surface area contributed by atoms with Crippen molar-refractivity contribution in [3.05, 3.63) is 60.2 Å². The molecule has 2 aromatic carbocycles. The zero-order chi connectivity index (χ0) is 17.9. The van der Waals surface area contributed by atoms with Crippen molar-refractivity contribution >= 4 is 17.5 Å². The number of carbonyl (C=O) groups excluding carboxylic acids is 2. The fourth-order valence-corrected chi connectivity index (χ4v) is 2.22. The van der Waals surface area contributed by atoms with Crippen molar-refractivity contribution in [3.8, 4) is 5.75 Å². The van der Waals surface area contributed by atoms with E-state index in [-0.39, 0.29) is 11.8 Å². The number of nitrogens with one attached hydrogen (secondary N) is 2. The van der Waals surface area contributed by atoms with Crippen molar-refractivity contribution in [3.63, 3.8) is 0 Å². The smallest absolute Gasteiger partial charge is 0.253 e. The summed E-state index contributed by atoms with van der Waals surface area (Å²) in [5, 5.41) is 5.48. The Morgan fingerprint density at radius 3 is 2.48 bits per heavy atom. The number of hydrogen-bond acceptors (Lipinski definition) is 4. The fraction of sp³-hybridized carbons (Fsp3) is 0.263. The highest BCUT2D eigenvalue weighted by Crippen LogP contribution is 2.15. The van der Waals surface area contributed by atoms with Crippen LogP contribution in [0.4, 0.5) is 5.69 Å². The van der Waals surface area contributed by atoms with E-state index in [1.54, 1.807) is 24.3 Å². The number of ether oxygens (including phenoxy) is 1. The first kappa shape index (κ1) is 18.5. The molecule has 0 atom stereocenters. The highest BCUT2D eigenvalue weighted by molar-refractivity contribution is 6.03. The van der Waals surface area contributed by atoms with E-state index in [4.69, 9.17) is 10.5 Å². The molecule has 2 aromatic rings. The summed E-state index contributed by atoms with van der Waals surface area (Å²) in [6.07, 6.45) is 0.897. The third-order valence-corrected chi connectivity index (χ3v) is 3.44. The molecule has 0 aliphatic heterocycles. The van der Waals surface area contributed by atoms with Gasteiger partial charge in [-0.15, -0.1) is 0 Å². The Morgan fingerprint density at radius 1 is 1.00 bits per heavy atom. The fourth-order valence-electron chi connectivity index (χ4n) is 2.22. The van der Waals surface area contributed by atoms with Crippen molar-refractivity contribution in [1.82, 2.24) is 5.32 Å². The van der Waals surface area contributed by atoms with E-state index in [0.29, 0.717) is 43.8 Å². The maximum absolute atomic E-state index is 12.1. The zero-order valence-corrected chi connectivity index (χ0v) is 14.0. The third-order valence-electron chi connectivity index (χ3n) is 3.44. The predicted octanol–water partition coefficient (Wildman–Crippen LogP) is 2.17. The summed E-state index contributed by atoms with van der Waals surface area (Å²) in [7, 11) is 0. The lowest BCUT2D eigenvalue weighted by molar-refractivity contribution is -0.116. The Balaban J connectivity index is 1.81. The minimum Gasteiger partial charge on any atom is -0.494 e. The first-order chi connectivity index (χ1) is 12.2. The minimum absolute atomic E-state index is 0.157. The maximum atomic E-state index is 12.1. The van der Waals surface area contributed by atoms with E-state index in [9.17, 15) is 9.59 Å². The Labute approximate surface area is 147 Å². The van der Waals surface area contributed by atoms with E-state index >= 15 is 0 Å². The highest BCUT2D eigenvalue weighted by Gasteiger charge is 2.12. The summed E-state index contributed by atoms with van der Waals surface area (Å²) in [4.78, 5) is 24.2. The van der Waals surface area contributed by atoms with Gasteiger partial charge in [-0.25, -0.2) is 0 Å². The normalized spacial score (nSPS) is 10.1. The van der Waals surface area contributed by atoms with Gasteiger partial charge in [0.2, 0.25) is 5.91 Å². The number of carbonyl (C=O) groups is 2. The van der Waals surface area contributed by atoms with Gasteiger partial charge in [0, 0.05) is 19.5 Å². The van der Waals surface area contributed by atoms with Crippen LogP contribution in [0.15, 0.2) is 54.6 Å². The molecule has 25 heavy (non-hydrogen) atoms. The van der Waals surface area contributed by atoms with Crippen molar-refractivity contribution in [2.75, 3.05) is 25.0 Å². The Bertz CT molecular complexity index is 689. The van der Waals surface area contributed by atoms with Crippen LogP contribution in [0.5, 0.6) is 5.75 Å². The number of nitrogens with two attached hydrogens (primary N) is 1. The average Bonchev–Trinajstić information content (AvgIpc) is 2.64. The van der Waals surface area contributed by atoms with Gasteiger partial charge in [-0.1, -0.05) is 30.3 Å². The molecule has 0 aliphatic rings. The second-order valence-corrected chi connectivity index (χ2v) is 5.40. The number of amides is 2. The van der Waals surface area contributed by atoms with Crippen LogP contribution in [0.2, 0.25) is 0 Å². The van der Waals surface area contributed by atoms with Crippen LogP contribution in [0, 0.1) is 0 Å². The quantitative estimate of drug-likeness (QED) is 0.609. The number of para-hydroxylation sites is 2. The van der Waals surface area contributed by atoms with Gasteiger partial charge >= 0.3 is 0 Å². The molecule has 0 heterocycles. The molecule has 2 rings (SSSR count). The third kappa shape index (κ3) is 6.27. The molecule has 132 valence electrons. The zero-order valence-electron chi connectivity index (χ0n) is 14.0. The number of rotatable bonds is 9. The van der Waals surface area contributed by atoms with Gasteiger partial charge in [0.15, 0.2) is 0 Å². The topological polar surface area (TPSA) is 93.5 Å². The van der Waals surface area contributed by atoms with Gasteiger partial charge in [-0.3, -0.25) is 9.59 Å². The standard InChI is InChI=1S/C19H23N3O3/c20-12-13-21-19(24)16-9-4-5-10-17(16)22-18(23)11-6-14-25-15-7-2-1-3-8-15/h1-5,7-10H,6,11-14,20H2,(H,21,24)(H,22,23). The monoisotopic (exact) mass is 341 g/mol. The second kappa shape index (κ2) is 10.1. The van der Waals surface area contributed by atoms with Crippen LogP contribution in [0.1, 0.15) is 23.2 Å². The first-order valence-corrected chi connectivity index (χ1v) is 8.25. The number of hydrogen-bond donors (Lipinski definition) is 3. The second-order valence-electron chi connectivity index (χ2n) is 5.40. The molecule has 0 saturated heterocycles. The van der Waals surface area contributed by atoms with E-state index in [1.165, 1.54) is 0 Å². The lowest BCUT2D eigenvalue weighted by Crippen LogP contribution is -2.30. The molecule has 0 aromatic heterocycles. The maximum Gasteiger partial charge on any atom is 0.253 e. The molecule has 0 spiro atoms. The molecule has 6 nitrogen and oxygen atoms in total. The molecule has 0 saturated carbocycles. The highest BCUT2D eigenvalue weighted by atomic mass is 16.5. The van der Waals surface area contributed by atoms with Crippen LogP contribution in [-0.4, -0.2) is 31.5 Å². The van der Waals surface area contributed by atoms with Crippen molar-refractivity contribution in [2.45, 2.75) is 12.8 Å². The van der Waals surface area contributed by atoms with Crippen LogP contribution in [0.3, 0.4) is 0 Å².